The molecule has 2 fully saturated rings. The van der Waals surface area contributed by atoms with E-state index in [-0.39, 0.29) is 11.7 Å². The van der Waals surface area contributed by atoms with Gasteiger partial charge in [0.1, 0.15) is 5.82 Å². The molecule has 2 heterocycles. The summed E-state index contributed by atoms with van der Waals surface area (Å²) in [6.07, 6.45) is 8.71. The first-order chi connectivity index (χ1) is 11.7. The molecule has 0 bridgehead atoms. The highest BCUT2D eigenvalue weighted by atomic mass is 19.1. The molecule has 0 saturated carbocycles. The third-order valence-corrected chi connectivity index (χ3v) is 5.49. The van der Waals surface area contributed by atoms with E-state index in [9.17, 15) is 9.18 Å². The minimum atomic E-state index is -0.224. The van der Waals surface area contributed by atoms with Crippen molar-refractivity contribution in [3.63, 3.8) is 0 Å². The van der Waals surface area contributed by atoms with Crippen molar-refractivity contribution < 1.29 is 9.18 Å². The fourth-order valence-corrected chi connectivity index (χ4v) is 4.04. The third kappa shape index (κ3) is 4.79. The molecule has 1 aromatic carbocycles. The van der Waals surface area contributed by atoms with Crippen LogP contribution in [0.2, 0.25) is 0 Å². The third-order valence-electron chi connectivity index (χ3n) is 5.49. The summed E-state index contributed by atoms with van der Waals surface area (Å²) in [5.41, 5.74) is 0.905. The number of hydrogen-bond donors (Lipinski definition) is 0. The van der Waals surface area contributed by atoms with Crippen molar-refractivity contribution in [1.82, 2.24) is 9.80 Å². The summed E-state index contributed by atoms with van der Waals surface area (Å²) in [7, 11) is 0. The number of nitrogens with zero attached hydrogens (tertiary/aromatic N) is 2. The molecule has 3 nitrogen and oxygen atoms in total. The lowest BCUT2D eigenvalue weighted by atomic mass is 10.0. The van der Waals surface area contributed by atoms with E-state index in [0.29, 0.717) is 18.9 Å². The van der Waals surface area contributed by atoms with E-state index in [2.05, 4.69) is 4.90 Å². The summed E-state index contributed by atoms with van der Waals surface area (Å²) in [6.45, 7) is 4.22. The van der Waals surface area contributed by atoms with Crippen LogP contribution in [0.5, 0.6) is 0 Å². The Morgan fingerprint density at radius 1 is 1.04 bits per heavy atom. The van der Waals surface area contributed by atoms with Crippen molar-refractivity contribution in [3.8, 4) is 0 Å². The second-order valence-corrected chi connectivity index (χ2v) is 7.19. The summed E-state index contributed by atoms with van der Waals surface area (Å²) < 4.78 is 13.2. The van der Waals surface area contributed by atoms with Crippen molar-refractivity contribution in [2.24, 2.45) is 0 Å². The zero-order valence-electron chi connectivity index (χ0n) is 14.6. The molecule has 0 radical (unpaired) electrons. The Balaban J connectivity index is 1.43. The first-order valence-electron chi connectivity index (χ1n) is 9.48. The number of rotatable bonds is 4. The second-order valence-electron chi connectivity index (χ2n) is 7.19. The van der Waals surface area contributed by atoms with Crippen LogP contribution in [0.3, 0.4) is 0 Å². The van der Waals surface area contributed by atoms with Gasteiger partial charge in [0.25, 0.3) is 0 Å². The van der Waals surface area contributed by atoms with Crippen LogP contribution >= 0.6 is 0 Å². The van der Waals surface area contributed by atoms with Gasteiger partial charge in [-0.2, -0.15) is 0 Å². The van der Waals surface area contributed by atoms with Crippen LogP contribution in [0, 0.1) is 5.82 Å². The van der Waals surface area contributed by atoms with E-state index in [1.165, 1.54) is 50.9 Å². The summed E-state index contributed by atoms with van der Waals surface area (Å²) in [4.78, 5) is 17.1. The second kappa shape index (κ2) is 8.61. The van der Waals surface area contributed by atoms with Gasteiger partial charge in [-0.25, -0.2) is 4.39 Å². The van der Waals surface area contributed by atoms with Gasteiger partial charge in [0, 0.05) is 25.6 Å². The van der Waals surface area contributed by atoms with Crippen LogP contribution in [-0.4, -0.2) is 47.9 Å². The van der Waals surface area contributed by atoms with E-state index in [1.807, 2.05) is 11.0 Å². The van der Waals surface area contributed by atoms with Gasteiger partial charge in [-0.05, 0) is 62.9 Å². The lowest BCUT2D eigenvalue weighted by molar-refractivity contribution is -0.132. The van der Waals surface area contributed by atoms with Gasteiger partial charge in [-0.3, -0.25) is 4.79 Å². The minimum absolute atomic E-state index is 0.216. The molecule has 0 aromatic heterocycles. The summed E-state index contributed by atoms with van der Waals surface area (Å²) in [6, 6.07) is 7.23. The smallest absolute Gasteiger partial charge is 0.222 e. The SMILES string of the molecule is O=C(CCc1cccc(F)c1)N1CCC(N2CCCCCC2)CC1. The zero-order chi connectivity index (χ0) is 16.8. The van der Waals surface area contributed by atoms with Crippen molar-refractivity contribution in [1.29, 1.82) is 0 Å². The van der Waals surface area contributed by atoms with E-state index < -0.39 is 0 Å². The molecule has 24 heavy (non-hydrogen) atoms. The molecule has 0 N–H and O–H groups in total. The summed E-state index contributed by atoms with van der Waals surface area (Å²) >= 11 is 0. The Labute approximate surface area is 144 Å². The van der Waals surface area contributed by atoms with Crippen molar-refractivity contribution in [2.45, 2.75) is 57.4 Å². The standard InChI is InChI=1S/C20H29FN2O/c21-18-7-5-6-17(16-18)8-9-20(24)23-14-10-19(11-15-23)22-12-3-1-2-4-13-22/h5-7,16,19H,1-4,8-15H2. The molecule has 3 rings (SSSR count). The molecule has 2 aliphatic heterocycles. The number of amides is 1. The lowest BCUT2D eigenvalue weighted by Crippen LogP contribution is -2.47. The Kier molecular flexibility index (Phi) is 6.24. The molecule has 2 aliphatic rings. The number of likely N-dealkylation sites (tertiary alicyclic amines) is 2. The molecule has 0 aliphatic carbocycles. The van der Waals surface area contributed by atoms with Gasteiger partial charge in [0.2, 0.25) is 5.91 Å². The van der Waals surface area contributed by atoms with Gasteiger partial charge in [-0.1, -0.05) is 25.0 Å². The Bertz CT molecular complexity index is 532. The van der Waals surface area contributed by atoms with Gasteiger partial charge in [-0.15, -0.1) is 0 Å². The van der Waals surface area contributed by atoms with Crippen LogP contribution in [0.4, 0.5) is 4.39 Å². The van der Waals surface area contributed by atoms with Gasteiger partial charge >= 0.3 is 0 Å². The molecule has 1 amide bonds. The predicted octanol–water partition coefficient (Wildman–Crippen LogP) is 3.63. The first kappa shape index (κ1) is 17.4. The molecule has 2 saturated heterocycles. The summed E-state index contributed by atoms with van der Waals surface area (Å²) in [5.74, 6) is -0.00760. The first-order valence-corrected chi connectivity index (χ1v) is 9.48. The van der Waals surface area contributed by atoms with E-state index >= 15 is 0 Å². The highest BCUT2D eigenvalue weighted by molar-refractivity contribution is 5.76. The predicted molar refractivity (Wildman–Crippen MR) is 94.4 cm³/mol. The highest BCUT2D eigenvalue weighted by Gasteiger charge is 2.26. The van der Waals surface area contributed by atoms with Crippen molar-refractivity contribution in [2.75, 3.05) is 26.2 Å². The normalized spacial score (nSPS) is 20.8. The van der Waals surface area contributed by atoms with E-state index in [4.69, 9.17) is 0 Å². The van der Waals surface area contributed by atoms with Crippen LogP contribution < -0.4 is 0 Å². The number of benzene rings is 1. The maximum absolute atomic E-state index is 13.2. The molecule has 4 heteroatoms. The largest absolute Gasteiger partial charge is 0.343 e. The maximum atomic E-state index is 13.2. The van der Waals surface area contributed by atoms with E-state index in [0.717, 1.165) is 31.5 Å². The molecule has 132 valence electrons. The number of piperidine rings is 1. The van der Waals surface area contributed by atoms with Gasteiger partial charge < -0.3 is 9.80 Å². The average Bonchev–Trinajstić information content (AvgIpc) is 2.89. The highest BCUT2D eigenvalue weighted by Crippen LogP contribution is 2.21. The lowest BCUT2D eigenvalue weighted by Gasteiger charge is -2.38. The number of halogens is 1. The maximum Gasteiger partial charge on any atom is 0.222 e. The minimum Gasteiger partial charge on any atom is -0.343 e. The quantitative estimate of drug-likeness (QED) is 0.841. The zero-order valence-corrected chi connectivity index (χ0v) is 14.6. The van der Waals surface area contributed by atoms with Crippen molar-refractivity contribution >= 4 is 5.91 Å². The number of carbonyl (C=O) groups excluding carboxylic acids is 1. The monoisotopic (exact) mass is 332 g/mol. The van der Waals surface area contributed by atoms with Crippen LogP contribution in [0.1, 0.15) is 50.5 Å². The molecular weight excluding hydrogens is 303 g/mol. The van der Waals surface area contributed by atoms with Crippen LogP contribution in [0.25, 0.3) is 0 Å². The van der Waals surface area contributed by atoms with Gasteiger partial charge in [0.15, 0.2) is 0 Å². The summed E-state index contributed by atoms with van der Waals surface area (Å²) in [5, 5.41) is 0. The van der Waals surface area contributed by atoms with E-state index in [1.54, 1.807) is 6.07 Å². The van der Waals surface area contributed by atoms with Crippen molar-refractivity contribution in [3.05, 3.63) is 35.6 Å². The number of carbonyl (C=O) groups is 1. The molecule has 0 atom stereocenters. The van der Waals surface area contributed by atoms with Gasteiger partial charge in [0.05, 0.1) is 0 Å². The number of aryl methyl sites for hydroxylation is 1. The van der Waals surface area contributed by atoms with Crippen LogP contribution in [0.15, 0.2) is 24.3 Å². The molecular formula is C20H29FN2O. The molecule has 0 unspecified atom stereocenters. The molecule has 1 aromatic rings. The van der Waals surface area contributed by atoms with Crippen LogP contribution in [-0.2, 0) is 11.2 Å². The Morgan fingerprint density at radius 2 is 1.75 bits per heavy atom. The fourth-order valence-electron chi connectivity index (χ4n) is 4.04. The average molecular weight is 332 g/mol. The number of hydrogen-bond acceptors (Lipinski definition) is 2. The Morgan fingerprint density at radius 3 is 2.42 bits per heavy atom. The topological polar surface area (TPSA) is 23.6 Å². The molecule has 0 spiro atoms. The fraction of sp³-hybridized carbons (Fsp3) is 0.650. The Hall–Kier alpha value is -1.42.